The van der Waals surface area contributed by atoms with Gasteiger partial charge in [-0.25, -0.2) is 0 Å². The van der Waals surface area contributed by atoms with Gasteiger partial charge in [-0.1, -0.05) is 66.1 Å². The van der Waals surface area contributed by atoms with Crippen molar-refractivity contribution in [2.75, 3.05) is 5.32 Å². The first-order chi connectivity index (χ1) is 14.3. The van der Waals surface area contributed by atoms with Crippen molar-refractivity contribution in [2.45, 2.75) is 12.3 Å². The van der Waals surface area contributed by atoms with Crippen LogP contribution in [-0.4, -0.2) is 19.9 Å². The number of rotatable bonds is 5. The maximum Gasteiger partial charge on any atom is 0.471 e. The fourth-order valence-electron chi connectivity index (χ4n) is 3.13. The molecule has 0 radical (unpaired) electrons. The maximum absolute atomic E-state index is 12.9. The van der Waals surface area contributed by atoms with Gasteiger partial charge in [0, 0.05) is 11.8 Å². The van der Waals surface area contributed by atoms with E-state index < -0.39 is 20.0 Å². The van der Waals surface area contributed by atoms with E-state index >= 15 is 0 Å². The van der Waals surface area contributed by atoms with Gasteiger partial charge in [-0.2, -0.15) is 18.4 Å². The van der Waals surface area contributed by atoms with Crippen LogP contribution >= 0.6 is 7.92 Å². The van der Waals surface area contributed by atoms with Gasteiger partial charge in [-0.05, 0) is 36.2 Å². The SMILES string of the molecule is Bc1cc(C#N)cc(CP(c2ccccc2)c2ccccc2)c1NC(=O)C(F)(F)F. The van der Waals surface area contributed by atoms with Gasteiger partial charge < -0.3 is 5.32 Å². The number of hydrogen-bond donors (Lipinski definition) is 1. The van der Waals surface area contributed by atoms with Crippen LogP contribution in [0.5, 0.6) is 0 Å². The van der Waals surface area contributed by atoms with Gasteiger partial charge in [-0.15, -0.1) is 0 Å². The van der Waals surface area contributed by atoms with Crippen LogP contribution in [-0.2, 0) is 11.0 Å². The average molecular weight is 424 g/mol. The predicted molar refractivity (Wildman–Crippen MR) is 117 cm³/mol. The normalized spacial score (nSPS) is 11.2. The lowest BCUT2D eigenvalue weighted by Crippen LogP contribution is -2.32. The molecule has 150 valence electrons. The van der Waals surface area contributed by atoms with E-state index in [2.05, 4.69) is 0 Å². The molecular formula is C22H17BF3N2OP. The Hall–Kier alpha value is -3.10. The van der Waals surface area contributed by atoms with Crippen LogP contribution in [0.2, 0.25) is 0 Å². The lowest BCUT2D eigenvalue weighted by molar-refractivity contribution is -0.167. The highest BCUT2D eigenvalue weighted by atomic mass is 31.1. The van der Waals surface area contributed by atoms with Crippen LogP contribution in [0.3, 0.4) is 0 Å². The number of nitriles is 1. The number of hydrogen-bond acceptors (Lipinski definition) is 2. The molecule has 30 heavy (non-hydrogen) atoms. The molecule has 0 unspecified atom stereocenters. The minimum absolute atomic E-state index is 0.107. The summed E-state index contributed by atoms with van der Waals surface area (Å²) in [6.45, 7) is 0. The molecular weight excluding hydrogens is 407 g/mol. The molecule has 8 heteroatoms. The fourth-order valence-corrected chi connectivity index (χ4v) is 5.45. The molecule has 0 aliphatic carbocycles. The van der Waals surface area contributed by atoms with E-state index in [9.17, 15) is 23.2 Å². The van der Waals surface area contributed by atoms with Crippen molar-refractivity contribution < 1.29 is 18.0 Å². The third-order valence-electron chi connectivity index (χ3n) is 4.51. The molecule has 3 aromatic rings. The summed E-state index contributed by atoms with van der Waals surface area (Å²) in [5.74, 6) is -2.03. The number of carbonyl (C=O) groups is 1. The lowest BCUT2D eigenvalue weighted by Gasteiger charge is -2.22. The molecule has 0 spiro atoms. The summed E-state index contributed by atoms with van der Waals surface area (Å²) >= 11 is 0. The molecule has 0 bridgehead atoms. The van der Waals surface area contributed by atoms with Crippen LogP contribution in [0.4, 0.5) is 18.9 Å². The molecule has 0 fully saturated rings. The number of amides is 1. The first-order valence-corrected chi connectivity index (χ1v) is 10.6. The van der Waals surface area contributed by atoms with Crippen molar-refractivity contribution in [3.8, 4) is 6.07 Å². The number of carbonyl (C=O) groups excluding carboxylic acids is 1. The molecule has 0 saturated carbocycles. The van der Waals surface area contributed by atoms with Crippen molar-refractivity contribution in [1.29, 1.82) is 5.26 Å². The Kier molecular flexibility index (Phi) is 6.59. The minimum Gasteiger partial charge on any atom is -0.319 e. The number of halogens is 3. The van der Waals surface area contributed by atoms with Crippen molar-refractivity contribution in [3.05, 3.63) is 83.9 Å². The monoisotopic (exact) mass is 424 g/mol. The van der Waals surface area contributed by atoms with E-state index in [1.54, 1.807) is 13.9 Å². The zero-order valence-corrected chi connectivity index (χ0v) is 17.0. The number of nitrogens with zero attached hydrogens (tertiary/aromatic N) is 1. The topological polar surface area (TPSA) is 52.9 Å². The molecule has 0 saturated heterocycles. The van der Waals surface area contributed by atoms with Crippen LogP contribution in [0.1, 0.15) is 11.1 Å². The van der Waals surface area contributed by atoms with Gasteiger partial charge in [0.05, 0.1) is 11.6 Å². The Morgan fingerprint density at radius 2 is 1.53 bits per heavy atom. The minimum atomic E-state index is -5.00. The zero-order chi connectivity index (χ0) is 21.7. The molecule has 0 aliphatic heterocycles. The Labute approximate surface area is 174 Å². The zero-order valence-electron chi connectivity index (χ0n) is 16.1. The van der Waals surface area contributed by atoms with Gasteiger partial charge in [0.1, 0.15) is 7.85 Å². The molecule has 1 N–H and O–H groups in total. The Morgan fingerprint density at radius 3 is 2.00 bits per heavy atom. The molecule has 0 aromatic heterocycles. The summed E-state index contributed by atoms with van der Waals surface area (Å²) < 4.78 is 38.6. The lowest BCUT2D eigenvalue weighted by atomic mass is 9.89. The van der Waals surface area contributed by atoms with Crippen molar-refractivity contribution in [1.82, 2.24) is 0 Å². The van der Waals surface area contributed by atoms with E-state index in [4.69, 9.17) is 0 Å². The molecule has 3 nitrogen and oxygen atoms in total. The highest BCUT2D eigenvalue weighted by Crippen LogP contribution is 2.39. The van der Waals surface area contributed by atoms with Crippen LogP contribution in [0, 0.1) is 11.3 Å². The van der Waals surface area contributed by atoms with E-state index in [1.165, 1.54) is 6.07 Å². The van der Waals surface area contributed by atoms with Gasteiger partial charge in [0.25, 0.3) is 0 Å². The Morgan fingerprint density at radius 1 is 1.00 bits per heavy atom. The number of nitrogens with one attached hydrogen (secondary N) is 1. The summed E-state index contributed by atoms with van der Waals surface area (Å²) in [6.07, 6.45) is -4.62. The molecule has 1 amide bonds. The largest absolute Gasteiger partial charge is 0.471 e. The summed E-state index contributed by atoms with van der Waals surface area (Å²) in [4.78, 5) is 11.6. The second kappa shape index (κ2) is 9.15. The summed E-state index contributed by atoms with van der Waals surface area (Å²) in [5, 5.41) is 13.5. The van der Waals surface area contributed by atoms with E-state index in [1.807, 2.05) is 72.0 Å². The van der Waals surface area contributed by atoms with Crippen molar-refractivity contribution in [3.63, 3.8) is 0 Å². The van der Waals surface area contributed by atoms with Gasteiger partial charge in [0.2, 0.25) is 0 Å². The van der Waals surface area contributed by atoms with Gasteiger partial charge in [0.15, 0.2) is 0 Å². The summed E-state index contributed by atoms with van der Waals surface area (Å²) in [5.41, 5.74) is 1.36. The maximum atomic E-state index is 12.9. The van der Waals surface area contributed by atoms with Gasteiger partial charge >= 0.3 is 12.1 Å². The van der Waals surface area contributed by atoms with Crippen LogP contribution in [0.25, 0.3) is 0 Å². The van der Waals surface area contributed by atoms with Crippen molar-refractivity contribution in [2.24, 2.45) is 0 Å². The van der Waals surface area contributed by atoms with E-state index in [-0.39, 0.29) is 5.69 Å². The third kappa shape index (κ3) is 5.08. The first kappa shape index (κ1) is 21.6. The van der Waals surface area contributed by atoms with Gasteiger partial charge in [-0.3, -0.25) is 4.79 Å². The standard InChI is InChI=1S/C22H17BF3N2OP/c23-19-12-15(13-27)11-16(20(19)28-21(29)22(24,25)26)14-30(17-7-3-1-4-8-17)18-9-5-2-6-10-18/h1-12H,14,23H2,(H,28,29). The molecule has 0 heterocycles. The average Bonchev–Trinajstić information content (AvgIpc) is 2.74. The molecule has 3 rings (SSSR count). The summed E-state index contributed by atoms with van der Waals surface area (Å²) in [7, 11) is 0.619. The second-order valence-electron chi connectivity index (χ2n) is 6.65. The number of anilines is 1. The highest BCUT2D eigenvalue weighted by Gasteiger charge is 2.39. The highest BCUT2D eigenvalue weighted by molar-refractivity contribution is 7.72. The molecule has 3 aromatic carbocycles. The van der Waals surface area contributed by atoms with Crippen LogP contribution in [0.15, 0.2) is 72.8 Å². The quantitative estimate of drug-likeness (QED) is 0.506. The second-order valence-corrected chi connectivity index (χ2v) is 8.85. The molecule has 0 aliphatic rings. The predicted octanol–water partition coefficient (Wildman–Crippen LogP) is 2.95. The van der Waals surface area contributed by atoms with E-state index in [0.717, 1.165) is 10.6 Å². The number of alkyl halides is 3. The Balaban J connectivity index is 2.09. The first-order valence-electron chi connectivity index (χ1n) is 9.09. The van der Waals surface area contributed by atoms with E-state index in [0.29, 0.717) is 22.8 Å². The fraction of sp³-hybridized carbons (Fsp3) is 0.0909. The summed E-state index contributed by atoms with van der Waals surface area (Å²) in [6, 6.07) is 24.4. The Bertz CT molecular complexity index is 1040. The van der Waals surface area contributed by atoms with Crippen LogP contribution < -0.4 is 21.4 Å². The molecule has 0 atom stereocenters. The third-order valence-corrected chi connectivity index (χ3v) is 7.01. The number of benzene rings is 3. The smallest absolute Gasteiger partial charge is 0.319 e. The van der Waals surface area contributed by atoms with Crippen molar-refractivity contribution >= 4 is 43.4 Å².